The third-order valence-corrected chi connectivity index (χ3v) is 2.69. The normalized spacial score (nSPS) is 37.7. The van der Waals surface area contributed by atoms with Gasteiger partial charge in [-0.25, -0.2) is 0 Å². The Balaban J connectivity index is 1.93. The zero-order valence-corrected chi connectivity index (χ0v) is 5.69. The molecule has 2 fully saturated rings. The summed E-state index contributed by atoms with van der Waals surface area (Å²) in [5.41, 5.74) is 6.25. The topological polar surface area (TPSA) is 38.0 Å². The molecular formula is C7H14N2. The van der Waals surface area contributed by atoms with E-state index >= 15 is 0 Å². The van der Waals surface area contributed by atoms with Gasteiger partial charge in [0.1, 0.15) is 0 Å². The quantitative estimate of drug-likeness (QED) is 0.522. The first-order chi connectivity index (χ1) is 4.35. The summed E-state index contributed by atoms with van der Waals surface area (Å²) in [5.74, 6) is 0. The molecule has 0 aromatic rings. The lowest BCUT2D eigenvalue weighted by Gasteiger charge is -2.03. The number of rotatable bonds is 1. The molecule has 3 N–H and O–H groups in total. The zero-order valence-electron chi connectivity index (χ0n) is 5.69. The average molecular weight is 126 g/mol. The van der Waals surface area contributed by atoms with E-state index in [9.17, 15) is 0 Å². The predicted molar refractivity (Wildman–Crippen MR) is 37.1 cm³/mol. The second kappa shape index (κ2) is 1.70. The molecule has 1 heterocycles. The molecule has 2 rings (SSSR count). The Hall–Kier alpha value is -0.0800. The van der Waals surface area contributed by atoms with Gasteiger partial charge in [0.05, 0.1) is 0 Å². The van der Waals surface area contributed by atoms with Crippen molar-refractivity contribution in [1.29, 1.82) is 0 Å². The van der Waals surface area contributed by atoms with E-state index in [-0.39, 0.29) is 0 Å². The Kier molecular flexibility index (Phi) is 1.08. The van der Waals surface area contributed by atoms with Crippen molar-refractivity contribution in [2.45, 2.75) is 25.3 Å². The highest BCUT2D eigenvalue weighted by Crippen LogP contribution is 2.51. The van der Waals surface area contributed by atoms with Crippen LogP contribution in [0.15, 0.2) is 0 Å². The molecule has 1 spiro atoms. The fraction of sp³-hybridized carbons (Fsp3) is 1.00. The maximum atomic E-state index is 5.52. The first kappa shape index (κ1) is 5.69. The molecule has 0 bridgehead atoms. The molecule has 0 aromatic heterocycles. The summed E-state index contributed by atoms with van der Waals surface area (Å²) in [5, 5.41) is 3.43. The van der Waals surface area contributed by atoms with E-state index in [1.807, 2.05) is 0 Å². The lowest BCUT2D eigenvalue weighted by atomic mass is 10.0. The van der Waals surface area contributed by atoms with Crippen molar-refractivity contribution >= 4 is 0 Å². The Bertz CT molecular complexity index is 118. The third-order valence-electron chi connectivity index (χ3n) is 2.69. The van der Waals surface area contributed by atoms with Crippen molar-refractivity contribution < 1.29 is 0 Å². The van der Waals surface area contributed by atoms with Crippen LogP contribution in [0.3, 0.4) is 0 Å². The molecule has 9 heavy (non-hydrogen) atoms. The molecule has 52 valence electrons. The smallest absolute Gasteiger partial charge is 0.0196 e. The Labute approximate surface area is 55.8 Å². The van der Waals surface area contributed by atoms with Gasteiger partial charge in [0.2, 0.25) is 0 Å². The zero-order chi connectivity index (χ0) is 6.32. The van der Waals surface area contributed by atoms with Crippen molar-refractivity contribution in [2.75, 3.05) is 13.1 Å². The van der Waals surface area contributed by atoms with E-state index in [1.54, 1.807) is 0 Å². The van der Waals surface area contributed by atoms with Gasteiger partial charge in [-0.1, -0.05) is 0 Å². The summed E-state index contributed by atoms with van der Waals surface area (Å²) in [6.07, 6.45) is 4.22. The molecule has 1 unspecified atom stereocenters. The first-order valence-corrected chi connectivity index (χ1v) is 3.78. The van der Waals surface area contributed by atoms with Gasteiger partial charge in [-0.15, -0.1) is 0 Å². The van der Waals surface area contributed by atoms with Gasteiger partial charge in [-0.2, -0.15) is 0 Å². The maximum Gasteiger partial charge on any atom is 0.0196 e. The van der Waals surface area contributed by atoms with Crippen LogP contribution in [0, 0.1) is 5.41 Å². The maximum absolute atomic E-state index is 5.52. The monoisotopic (exact) mass is 126 g/mol. The van der Waals surface area contributed by atoms with Crippen molar-refractivity contribution in [3.63, 3.8) is 0 Å². The summed E-state index contributed by atoms with van der Waals surface area (Å²) >= 11 is 0. The summed E-state index contributed by atoms with van der Waals surface area (Å²) in [7, 11) is 0. The van der Waals surface area contributed by atoms with E-state index in [0.717, 1.165) is 12.0 Å². The molecule has 1 aliphatic heterocycles. The lowest BCUT2D eigenvalue weighted by molar-refractivity contribution is 0.546. The molecule has 2 aliphatic rings. The van der Waals surface area contributed by atoms with Crippen LogP contribution in [0.25, 0.3) is 0 Å². The fourth-order valence-electron chi connectivity index (χ4n) is 1.75. The molecule has 0 amide bonds. The largest absolute Gasteiger partial charge is 0.329 e. The van der Waals surface area contributed by atoms with Crippen LogP contribution in [0.2, 0.25) is 0 Å². The van der Waals surface area contributed by atoms with Gasteiger partial charge in [0.25, 0.3) is 0 Å². The summed E-state index contributed by atoms with van der Waals surface area (Å²) in [6.45, 7) is 2.05. The van der Waals surface area contributed by atoms with Crippen LogP contribution in [0.5, 0.6) is 0 Å². The molecule has 1 atom stereocenters. The molecule has 0 aromatic carbocycles. The second-order valence-electron chi connectivity index (χ2n) is 3.52. The highest BCUT2D eigenvalue weighted by molar-refractivity contribution is 5.03. The second-order valence-corrected chi connectivity index (χ2v) is 3.52. The Morgan fingerprint density at radius 3 is 2.67 bits per heavy atom. The van der Waals surface area contributed by atoms with Gasteiger partial charge in [-0.3, -0.25) is 0 Å². The highest BCUT2D eigenvalue weighted by atomic mass is 15.0. The van der Waals surface area contributed by atoms with Gasteiger partial charge < -0.3 is 11.1 Å². The number of hydrogen-bond acceptors (Lipinski definition) is 2. The van der Waals surface area contributed by atoms with Gasteiger partial charge >= 0.3 is 0 Å². The number of hydrogen-bond donors (Lipinski definition) is 2. The van der Waals surface area contributed by atoms with Crippen LogP contribution >= 0.6 is 0 Å². The van der Waals surface area contributed by atoms with Crippen LogP contribution in [-0.2, 0) is 0 Å². The summed E-state index contributed by atoms with van der Waals surface area (Å²) < 4.78 is 0. The van der Waals surface area contributed by atoms with Crippen LogP contribution in [-0.4, -0.2) is 19.1 Å². The SMILES string of the molecule is NCC1CC2(CC2)CN1. The van der Waals surface area contributed by atoms with Gasteiger partial charge in [-0.05, 0) is 24.7 Å². The van der Waals surface area contributed by atoms with Crippen molar-refractivity contribution in [1.82, 2.24) is 5.32 Å². The van der Waals surface area contributed by atoms with Gasteiger partial charge in [0, 0.05) is 19.1 Å². The van der Waals surface area contributed by atoms with E-state index in [4.69, 9.17) is 5.73 Å². The molecular weight excluding hydrogens is 112 g/mol. The molecule has 1 saturated carbocycles. The molecule has 2 nitrogen and oxygen atoms in total. The minimum absolute atomic E-state index is 0.632. The van der Waals surface area contributed by atoms with Crippen LogP contribution in [0.1, 0.15) is 19.3 Å². The van der Waals surface area contributed by atoms with Gasteiger partial charge in [0.15, 0.2) is 0 Å². The Morgan fingerprint density at radius 2 is 2.33 bits per heavy atom. The molecule has 0 radical (unpaired) electrons. The third kappa shape index (κ3) is 0.864. The standard InChI is InChI=1S/C7H14N2/c8-4-6-3-7(1-2-7)5-9-6/h6,9H,1-5,8H2. The predicted octanol–water partition coefficient (Wildman–Crippen LogP) is 0.0872. The summed E-state index contributed by atoms with van der Waals surface area (Å²) in [4.78, 5) is 0. The Morgan fingerprint density at radius 1 is 1.56 bits per heavy atom. The number of nitrogens with two attached hydrogens (primary N) is 1. The minimum Gasteiger partial charge on any atom is -0.329 e. The molecule has 1 saturated heterocycles. The first-order valence-electron chi connectivity index (χ1n) is 3.78. The minimum atomic E-state index is 0.632. The van der Waals surface area contributed by atoms with Crippen LogP contribution < -0.4 is 11.1 Å². The molecule has 2 heteroatoms. The molecule has 1 aliphatic carbocycles. The fourth-order valence-corrected chi connectivity index (χ4v) is 1.75. The van der Waals surface area contributed by atoms with E-state index < -0.39 is 0 Å². The van der Waals surface area contributed by atoms with E-state index in [1.165, 1.54) is 25.8 Å². The van der Waals surface area contributed by atoms with E-state index in [2.05, 4.69) is 5.32 Å². The van der Waals surface area contributed by atoms with Crippen molar-refractivity contribution in [3.05, 3.63) is 0 Å². The van der Waals surface area contributed by atoms with Crippen molar-refractivity contribution in [3.8, 4) is 0 Å². The average Bonchev–Trinajstić information content (AvgIpc) is 2.44. The summed E-state index contributed by atoms with van der Waals surface area (Å²) in [6, 6.07) is 0.632. The van der Waals surface area contributed by atoms with Crippen LogP contribution in [0.4, 0.5) is 0 Å². The van der Waals surface area contributed by atoms with E-state index in [0.29, 0.717) is 6.04 Å². The highest BCUT2D eigenvalue weighted by Gasteiger charge is 2.47. The number of nitrogens with one attached hydrogen (secondary N) is 1. The van der Waals surface area contributed by atoms with Crippen molar-refractivity contribution in [2.24, 2.45) is 11.1 Å². The lowest BCUT2D eigenvalue weighted by Crippen LogP contribution is -2.29.